The van der Waals surface area contributed by atoms with Crippen LogP contribution < -0.4 is 10.6 Å². The lowest BCUT2D eigenvalue weighted by Gasteiger charge is -2.23. The van der Waals surface area contributed by atoms with Crippen molar-refractivity contribution in [3.63, 3.8) is 0 Å². The summed E-state index contributed by atoms with van der Waals surface area (Å²) in [5.74, 6) is 0.170. The number of carbonyl (C=O) groups excluding carboxylic acids is 1. The third kappa shape index (κ3) is 3.26. The van der Waals surface area contributed by atoms with Crippen molar-refractivity contribution < 1.29 is 9.21 Å². The first kappa shape index (κ1) is 15.2. The van der Waals surface area contributed by atoms with Crippen molar-refractivity contribution in [1.29, 1.82) is 0 Å². The van der Waals surface area contributed by atoms with Gasteiger partial charge >= 0.3 is 0 Å². The number of halogens is 2. The van der Waals surface area contributed by atoms with Crippen molar-refractivity contribution in [3.8, 4) is 0 Å². The van der Waals surface area contributed by atoms with Crippen molar-refractivity contribution in [2.75, 3.05) is 13.1 Å². The molecule has 3 rings (SSSR count). The summed E-state index contributed by atoms with van der Waals surface area (Å²) in [6, 6.07) is 7.22. The van der Waals surface area contributed by atoms with E-state index >= 15 is 0 Å². The van der Waals surface area contributed by atoms with E-state index in [4.69, 9.17) is 16.0 Å². The van der Waals surface area contributed by atoms with Crippen LogP contribution in [-0.2, 0) is 0 Å². The summed E-state index contributed by atoms with van der Waals surface area (Å²) in [5.41, 5.74) is 0.677. The normalized spacial score (nSPS) is 18.6. The Labute approximate surface area is 128 Å². The number of carbonyl (C=O) groups is 1. The number of benzene rings is 1. The second kappa shape index (κ2) is 6.48. The first-order valence-corrected chi connectivity index (χ1v) is 6.81. The minimum absolute atomic E-state index is 0. The Morgan fingerprint density at radius 1 is 1.40 bits per heavy atom. The van der Waals surface area contributed by atoms with Gasteiger partial charge in [0.1, 0.15) is 5.58 Å². The zero-order valence-corrected chi connectivity index (χ0v) is 12.4. The van der Waals surface area contributed by atoms with Crippen LogP contribution in [0.1, 0.15) is 23.4 Å². The van der Waals surface area contributed by atoms with Crippen LogP contribution in [0.25, 0.3) is 11.0 Å². The minimum Gasteiger partial charge on any atom is -0.451 e. The molecule has 0 radical (unpaired) electrons. The van der Waals surface area contributed by atoms with E-state index in [2.05, 4.69) is 10.6 Å². The lowest BCUT2D eigenvalue weighted by Crippen LogP contribution is -2.45. The maximum absolute atomic E-state index is 12.1. The van der Waals surface area contributed by atoms with Crippen LogP contribution >= 0.6 is 24.0 Å². The molecule has 4 nitrogen and oxygen atoms in total. The van der Waals surface area contributed by atoms with Crippen LogP contribution in [0, 0.1) is 0 Å². The van der Waals surface area contributed by atoms with Gasteiger partial charge < -0.3 is 15.1 Å². The number of amides is 1. The second-order valence-electron chi connectivity index (χ2n) is 4.81. The monoisotopic (exact) mass is 314 g/mol. The van der Waals surface area contributed by atoms with Crippen molar-refractivity contribution in [1.82, 2.24) is 10.6 Å². The maximum Gasteiger partial charge on any atom is 0.287 e. The molecule has 108 valence electrons. The summed E-state index contributed by atoms with van der Waals surface area (Å²) in [4.78, 5) is 12.1. The molecule has 1 fully saturated rings. The van der Waals surface area contributed by atoms with Crippen molar-refractivity contribution >= 4 is 40.9 Å². The lowest BCUT2D eigenvalue weighted by atomic mass is 10.1. The van der Waals surface area contributed by atoms with Gasteiger partial charge in [0.25, 0.3) is 5.91 Å². The Bertz CT molecular complexity index is 606. The molecule has 6 heteroatoms. The molecule has 1 aromatic heterocycles. The highest BCUT2D eigenvalue weighted by Gasteiger charge is 2.18. The van der Waals surface area contributed by atoms with Crippen molar-refractivity contribution in [2.45, 2.75) is 18.9 Å². The first-order valence-electron chi connectivity index (χ1n) is 6.43. The van der Waals surface area contributed by atoms with Crippen LogP contribution in [0.15, 0.2) is 28.7 Å². The molecule has 0 unspecified atom stereocenters. The van der Waals surface area contributed by atoms with E-state index in [0.29, 0.717) is 16.4 Å². The minimum atomic E-state index is -0.166. The molecule has 0 saturated carbocycles. The fourth-order valence-electron chi connectivity index (χ4n) is 2.36. The number of nitrogens with one attached hydrogen (secondary N) is 2. The molecule has 1 aromatic carbocycles. The molecule has 1 aliphatic heterocycles. The molecule has 1 amide bonds. The van der Waals surface area contributed by atoms with Gasteiger partial charge in [-0.2, -0.15) is 0 Å². The van der Waals surface area contributed by atoms with E-state index in [1.165, 1.54) is 0 Å². The van der Waals surface area contributed by atoms with Gasteiger partial charge in [-0.05, 0) is 43.7 Å². The number of hydrogen-bond donors (Lipinski definition) is 2. The number of rotatable bonds is 2. The van der Waals surface area contributed by atoms with Crippen LogP contribution in [0.2, 0.25) is 5.02 Å². The molecule has 0 aliphatic carbocycles. The first-order chi connectivity index (χ1) is 9.22. The van der Waals surface area contributed by atoms with E-state index < -0.39 is 0 Å². The van der Waals surface area contributed by atoms with E-state index in [1.807, 2.05) is 0 Å². The molecule has 1 saturated heterocycles. The Hall–Kier alpha value is -1.23. The standard InChI is InChI=1S/C14H15ClN2O2.ClH/c15-10-3-4-12-9(6-10)7-13(19-12)14(18)17-11-2-1-5-16-8-11;/h3-4,6-7,11,16H,1-2,5,8H2,(H,17,18);1H/t11-;/m0./s1. The molecule has 2 heterocycles. The highest BCUT2D eigenvalue weighted by Crippen LogP contribution is 2.23. The Morgan fingerprint density at radius 2 is 2.25 bits per heavy atom. The topological polar surface area (TPSA) is 54.3 Å². The maximum atomic E-state index is 12.1. The molecule has 20 heavy (non-hydrogen) atoms. The fraction of sp³-hybridized carbons (Fsp3) is 0.357. The summed E-state index contributed by atoms with van der Waals surface area (Å²) in [6.07, 6.45) is 2.09. The van der Waals surface area contributed by atoms with Gasteiger partial charge in [-0.15, -0.1) is 12.4 Å². The van der Waals surface area contributed by atoms with Crippen molar-refractivity contribution in [2.24, 2.45) is 0 Å². The molecule has 0 spiro atoms. The number of piperidine rings is 1. The van der Waals surface area contributed by atoms with E-state index in [1.54, 1.807) is 24.3 Å². The number of hydrogen-bond acceptors (Lipinski definition) is 3. The summed E-state index contributed by atoms with van der Waals surface area (Å²) in [7, 11) is 0. The average Bonchev–Trinajstić information content (AvgIpc) is 2.83. The number of furan rings is 1. The molecular formula is C14H16Cl2N2O2. The highest BCUT2D eigenvalue weighted by atomic mass is 35.5. The third-order valence-corrected chi connectivity index (χ3v) is 3.57. The zero-order valence-electron chi connectivity index (χ0n) is 10.8. The second-order valence-corrected chi connectivity index (χ2v) is 5.25. The van der Waals surface area contributed by atoms with Gasteiger partial charge in [0, 0.05) is 23.0 Å². The van der Waals surface area contributed by atoms with E-state index in [0.717, 1.165) is 31.3 Å². The summed E-state index contributed by atoms with van der Waals surface area (Å²) in [6.45, 7) is 1.84. The quantitative estimate of drug-likeness (QED) is 0.896. The molecular weight excluding hydrogens is 299 g/mol. The zero-order chi connectivity index (χ0) is 13.2. The van der Waals surface area contributed by atoms with Crippen LogP contribution in [0.3, 0.4) is 0 Å². The lowest BCUT2D eigenvalue weighted by molar-refractivity contribution is 0.0905. The Balaban J connectivity index is 0.00000147. The molecule has 1 aliphatic rings. The van der Waals surface area contributed by atoms with Crippen molar-refractivity contribution in [3.05, 3.63) is 35.0 Å². The fourth-order valence-corrected chi connectivity index (χ4v) is 2.54. The van der Waals surface area contributed by atoms with Crippen LogP contribution in [-0.4, -0.2) is 25.0 Å². The van der Waals surface area contributed by atoms with Crippen LogP contribution in [0.4, 0.5) is 0 Å². The molecule has 2 N–H and O–H groups in total. The van der Waals surface area contributed by atoms with Gasteiger partial charge in [-0.1, -0.05) is 11.6 Å². The molecule has 0 bridgehead atoms. The van der Waals surface area contributed by atoms with Crippen LogP contribution in [0.5, 0.6) is 0 Å². The highest BCUT2D eigenvalue weighted by molar-refractivity contribution is 6.31. The van der Waals surface area contributed by atoms with Gasteiger partial charge in [0.05, 0.1) is 0 Å². The summed E-state index contributed by atoms with van der Waals surface area (Å²) in [5, 5.41) is 7.73. The van der Waals surface area contributed by atoms with E-state index in [-0.39, 0.29) is 24.4 Å². The SMILES string of the molecule is Cl.O=C(N[C@H]1CCCNC1)c1cc2cc(Cl)ccc2o1. The van der Waals surface area contributed by atoms with Gasteiger partial charge in [0.2, 0.25) is 0 Å². The summed E-state index contributed by atoms with van der Waals surface area (Å²) < 4.78 is 5.54. The van der Waals surface area contributed by atoms with Gasteiger partial charge in [-0.3, -0.25) is 4.79 Å². The average molecular weight is 315 g/mol. The smallest absolute Gasteiger partial charge is 0.287 e. The van der Waals surface area contributed by atoms with Gasteiger partial charge in [0.15, 0.2) is 5.76 Å². The predicted octanol–water partition coefficient (Wildman–Crippen LogP) is 2.99. The number of fused-ring (bicyclic) bond motifs is 1. The summed E-state index contributed by atoms with van der Waals surface area (Å²) >= 11 is 5.91. The predicted molar refractivity (Wildman–Crippen MR) is 81.8 cm³/mol. The molecule has 2 aromatic rings. The molecule has 1 atom stereocenters. The third-order valence-electron chi connectivity index (χ3n) is 3.33. The largest absolute Gasteiger partial charge is 0.451 e. The van der Waals surface area contributed by atoms with Gasteiger partial charge in [-0.25, -0.2) is 0 Å². The Kier molecular flexibility index (Phi) is 4.91. The van der Waals surface area contributed by atoms with E-state index in [9.17, 15) is 4.79 Å². The Morgan fingerprint density at radius 3 is 3.00 bits per heavy atom.